The maximum absolute atomic E-state index is 12.1. The maximum Gasteiger partial charge on any atom is 0.249 e. The molecule has 0 amide bonds. The minimum Gasteiger partial charge on any atom is -0.382 e. The molecule has 0 fully saturated rings. The average Bonchev–Trinajstić information content (AvgIpc) is 2.66. The van der Waals surface area contributed by atoms with Gasteiger partial charge in [0.05, 0.1) is 0 Å². The number of anilines is 2. The van der Waals surface area contributed by atoms with Crippen molar-refractivity contribution in [3.63, 3.8) is 0 Å². The van der Waals surface area contributed by atoms with Crippen LogP contribution < -0.4 is 11.1 Å². The molecule has 1 rings (SSSR count). The van der Waals surface area contributed by atoms with Gasteiger partial charge in [-0.2, -0.15) is 4.37 Å². The number of hydrogen-bond donors (Lipinski definition) is 2. The third-order valence-electron chi connectivity index (χ3n) is 2.66. The van der Waals surface area contributed by atoms with Crippen molar-refractivity contribution in [2.45, 2.75) is 31.6 Å². The average molecular weight is 306 g/mol. The molecule has 8 heteroatoms. The van der Waals surface area contributed by atoms with Crippen molar-refractivity contribution in [1.82, 2.24) is 8.68 Å². The molecule has 1 aromatic rings. The van der Waals surface area contributed by atoms with Crippen molar-refractivity contribution < 1.29 is 8.42 Å². The summed E-state index contributed by atoms with van der Waals surface area (Å²) in [5.74, 6) is 0.698. The van der Waals surface area contributed by atoms with E-state index < -0.39 is 10.0 Å². The highest BCUT2D eigenvalue weighted by molar-refractivity contribution is 7.89. The van der Waals surface area contributed by atoms with E-state index in [1.165, 1.54) is 14.1 Å². The number of nitrogens with zero attached hydrogens (tertiary/aromatic N) is 2. The SMILES string of the molecule is CC(C)CCCNc1snc(N)c1S(=O)(=O)N(C)C. The molecule has 110 valence electrons. The van der Waals surface area contributed by atoms with Gasteiger partial charge >= 0.3 is 0 Å². The molecule has 0 spiro atoms. The lowest BCUT2D eigenvalue weighted by Gasteiger charge is -2.13. The maximum atomic E-state index is 12.1. The summed E-state index contributed by atoms with van der Waals surface area (Å²) in [6.45, 7) is 5.04. The Hall–Kier alpha value is -0.860. The quantitative estimate of drug-likeness (QED) is 0.750. The monoisotopic (exact) mass is 306 g/mol. The lowest BCUT2D eigenvalue weighted by molar-refractivity contribution is 0.521. The smallest absolute Gasteiger partial charge is 0.249 e. The van der Waals surface area contributed by atoms with Gasteiger partial charge in [-0.1, -0.05) is 13.8 Å². The Bertz CT molecular complexity index is 509. The minimum absolute atomic E-state index is 0.0602. The van der Waals surface area contributed by atoms with Crippen molar-refractivity contribution in [2.24, 2.45) is 5.92 Å². The first-order valence-electron chi connectivity index (χ1n) is 6.18. The number of nitrogens with one attached hydrogen (secondary N) is 1. The topological polar surface area (TPSA) is 88.3 Å². The fourth-order valence-corrected chi connectivity index (χ4v) is 3.65. The second-order valence-corrected chi connectivity index (χ2v) is 7.84. The molecule has 0 unspecified atom stereocenters. The van der Waals surface area contributed by atoms with Crippen molar-refractivity contribution in [1.29, 1.82) is 0 Å². The van der Waals surface area contributed by atoms with Gasteiger partial charge in [-0.05, 0) is 30.3 Å². The third kappa shape index (κ3) is 4.05. The molecule has 1 aromatic heterocycles. The highest BCUT2D eigenvalue weighted by Gasteiger charge is 2.27. The van der Waals surface area contributed by atoms with E-state index >= 15 is 0 Å². The number of nitrogens with two attached hydrogens (primary N) is 1. The van der Waals surface area contributed by atoms with Crippen LogP contribution in [0.25, 0.3) is 0 Å². The van der Waals surface area contributed by atoms with Gasteiger partial charge in [0.15, 0.2) is 10.7 Å². The van der Waals surface area contributed by atoms with Crippen molar-refractivity contribution in [3.05, 3.63) is 0 Å². The van der Waals surface area contributed by atoms with Crippen LogP contribution in [0.3, 0.4) is 0 Å². The first-order valence-corrected chi connectivity index (χ1v) is 8.39. The molecule has 0 saturated heterocycles. The number of aromatic nitrogens is 1. The van der Waals surface area contributed by atoms with Crippen molar-refractivity contribution in [2.75, 3.05) is 31.7 Å². The molecule has 0 saturated carbocycles. The molecule has 0 aliphatic heterocycles. The van der Waals surface area contributed by atoms with Crippen LogP contribution in [0.4, 0.5) is 10.8 Å². The Morgan fingerprint density at radius 2 is 2.05 bits per heavy atom. The van der Waals surface area contributed by atoms with Crippen LogP contribution in [0.15, 0.2) is 4.90 Å². The van der Waals surface area contributed by atoms with E-state index in [0.29, 0.717) is 10.9 Å². The lowest BCUT2D eigenvalue weighted by atomic mass is 10.1. The number of nitrogen functional groups attached to an aromatic ring is 1. The van der Waals surface area contributed by atoms with Gasteiger partial charge in [0.2, 0.25) is 10.0 Å². The van der Waals surface area contributed by atoms with E-state index in [-0.39, 0.29) is 10.7 Å². The normalized spacial score (nSPS) is 12.3. The van der Waals surface area contributed by atoms with Crippen LogP contribution in [0, 0.1) is 5.92 Å². The second-order valence-electron chi connectivity index (χ2n) is 4.98. The zero-order valence-electron chi connectivity index (χ0n) is 11.8. The summed E-state index contributed by atoms with van der Waals surface area (Å²) >= 11 is 1.09. The molecular formula is C11H22N4O2S2. The Balaban J connectivity index is 2.82. The lowest BCUT2D eigenvalue weighted by Crippen LogP contribution is -2.23. The van der Waals surface area contributed by atoms with Gasteiger partial charge < -0.3 is 11.1 Å². The fourth-order valence-electron chi connectivity index (χ4n) is 1.55. The van der Waals surface area contributed by atoms with Crippen molar-refractivity contribution >= 4 is 32.4 Å². The summed E-state index contributed by atoms with van der Waals surface area (Å²) in [4.78, 5) is 0.0899. The van der Waals surface area contributed by atoms with E-state index in [9.17, 15) is 8.42 Å². The number of sulfonamides is 1. The van der Waals surface area contributed by atoms with E-state index in [1.807, 2.05) is 0 Å². The Labute approximate surface area is 119 Å². The van der Waals surface area contributed by atoms with E-state index in [0.717, 1.165) is 35.2 Å². The summed E-state index contributed by atoms with van der Waals surface area (Å²) in [6.07, 6.45) is 2.08. The number of rotatable bonds is 7. The molecule has 19 heavy (non-hydrogen) atoms. The van der Waals surface area contributed by atoms with Crippen molar-refractivity contribution in [3.8, 4) is 0 Å². The Morgan fingerprint density at radius 3 is 2.58 bits per heavy atom. The zero-order valence-corrected chi connectivity index (χ0v) is 13.4. The molecule has 1 heterocycles. The Morgan fingerprint density at radius 1 is 1.42 bits per heavy atom. The standard InChI is InChI=1S/C11H22N4O2S2/c1-8(2)6-5-7-13-11-9(10(12)14-18-11)19(16,17)15(3)4/h8,13H,5-7H2,1-4H3,(H2,12,14). The molecule has 0 bridgehead atoms. The summed E-state index contributed by atoms with van der Waals surface area (Å²) in [6, 6.07) is 0. The van der Waals surface area contributed by atoms with Crippen LogP contribution in [-0.4, -0.2) is 37.7 Å². The van der Waals surface area contributed by atoms with E-state index in [4.69, 9.17) is 5.73 Å². The highest BCUT2D eigenvalue weighted by atomic mass is 32.2. The highest BCUT2D eigenvalue weighted by Crippen LogP contribution is 2.32. The molecule has 0 aliphatic rings. The van der Waals surface area contributed by atoms with Crippen LogP contribution in [0.1, 0.15) is 26.7 Å². The molecule has 3 N–H and O–H groups in total. The molecule has 0 atom stereocenters. The molecule has 0 aliphatic carbocycles. The Kier molecular flexibility index (Phi) is 5.57. The predicted octanol–water partition coefficient (Wildman–Crippen LogP) is 1.82. The minimum atomic E-state index is -3.55. The predicted molar refractivity (Wildman–Crippen MR) is 80.0 cm³/mol. The summed E-state index contributed by atoms with van der Waals surface area (Å²) < 4.78 is 29.4. The fraction of sp³-hybridized carbons (Fsp3) is 0.727. The van der Waals surface area contributed by atoms with Gasteiger partial charge in [0, 0.05) is 20.6 Å². The summed E-state index contributed by atoms with van der Waals surface area (Å²) in [5, 5.41) is 3.64. The van der Waals surface area contributed by atoms with Gasteiger partial charge in [0.1, 0.15) is 5.00 Å². The number of hydrogen-bond acceptors (Lipinski definition) is 6. The van der Waals surface area contributed by atoms with Gasteiger partial charge in [0.25, 0.3) is 0 Å². The molecular weight excluding hydrogens is 284 g/mol. The van der Waals surface area contributed by atoms with Crippen LogP contribution in [0.5, 0.6) is 0 Å². The van der Waals surface area contributed by atoms with E-state index in [1.54, 1.807) is 0 Å². The first kappa shape index (κ1) is 16.2. The van der Waals surface area contributed by atoms with Crippen LogP contribution in [-0.2, 0) is 10.0 Å². The summed E-state index contributed by atoms with van der Waals surface area (Å²) in [7, 11) is -0.592. The van der Waals surface area contributed by atoms with Crippen LogP contribution >= 0.6 is 11.5 Å². The molecule has 6 nitrogen and oxygen atoms in total. The first-order chi connectivity index (χ1) is 8.76. The van der Waals surface area contributed by atoms with Gasteiger partial charge in [-0.15, -0.1) is 0 Å². The second kappa shape index (κ2) is 6.53. The van der Waals surface area contributed by atoms with Gasteiger partial charge in [-0.25, -0.2) is 12.7 Å². The largest absolute Gasteiger partial charge is 0.382 e. The van der Waals surface area contributed by atoms with Gasteiger partial charge in [-0.3, -0.25) is 0 Å². The van der Waals surface area contributed by atoms with Crippen LogP contribution in [0.2, 0.25) is 0 Å². The summed E-state index contributed by atoms with van der Waals surface area (Å²) in [5.41, 5.74) is 5.67. The molecule has 0 aromatic carbocycles. The third-order valence-corrected chi connectivity index (χ3v) is 5.50. The van der Waals surface area contributed by atoms with E-state index in [2.05, 4.69) is 23.5 Å². The molecule has 0 radical (unpaired) electrons. The zero-order chi connectivity index (χ0) is 14.6.